The Morgan fingerprint density at radius 2 is 1.75 bits per heavy atom. The van der Waals surface area contributed by atoms with Crippen molar-refractivity contribution in [1.29, 1.82) is 0 Å². The van der Waals surface area contributed by atoms with E-state index in [1.54, 1.807) is 23.1 Å². The number of ketones is 1. The van der Waals surface area contributed by atoms with Crippen LogP contribution in [0.25, 0.3) is 0 Å². The van der Waals surface area contributed by atoms with Crippen LogP contribution in [0.3, 0.4) is 0 Å². The van der Waals surface area contributed by atoms with E-state index in [9.17, 15) is 19.2 Å². The number of rotatable bonds is 13. The zero-order chi connectivity index (χ0) is 29.2. The molecule has 9 heteroatoms. The highest BCUT2D eigenvalue weighted by atomic mass is 35.5. The van der Waals surface area contributed by atoms with Gasteiger partial charge in [-0.05, 0) is 67.1 Å². The van der Waals surface area contributed by atoms with Crippen molar-refractivity contribution in [2.75, 3.05) is 11.9 Å². The number of nitrogens with one attached hydrogen (secondary N) is 2. The van der Waals surface area contributed by atoms with E-state index >= 15 is 0 Å². The number of anilines is 1. The molecule has 2 atom stereocenters. The molecule has 3 amide bonds. The summed E-state index contributed by atoms with van der Waals surface area (Å²) >= 11 is 6.10. The maximum atomic E-state index is 13.6. The number of nitrogens with zero attached hydrogens (tertiary/aromatic N) is 1. The van der Waals surface area contributed by atoms with Crippen molar-refractivity contribution in [1.82, 2.24) is 10.2 Å². The number of Topliss-reactive ketones (excluding diaryl/α,β-unsaturated/α-hetero) is 1. The Morgan fingerprint density at radius 1 is 1.02 bits per heavy atom. The van der Waals surface area contributed by atoms with Crippen molar-refractivity contribution in [3.05, 3.63) is 64.2 Å². The number of amides is 3. The van der Waals surface area contributed by atoms with Gasteiger partial charge in [0, 0.05) is 42.9 Å². The fourth-order valence-electron chi connectivity index (χ4n) is 4.90. The van der Waals surface area contributed by atoms with Crippen molar-refractivity contribution in [3.63, 3.8) is 0 Å². The minimum atomic E-state index is -0.884. The molecule has 0 bridgehead atoms. The molecule has 0 aromatic heterocycles. The summed E-state index contributed by atoms with van der Waals surface area (Å²) in [4.78, 5) is 54.0. The molecule has 3 rings (SSSR count). The highest BCUT2D eigenvalue weighted by Crippen LogP contribution is 2.25. The van der Waals surface area contributed by atoms with Gasteiger partial charge >= 0.3 is 0 Å². The summed E-state index contributed by atoms with van der Waals surface area (Å²) in [5.74, 6) is -0.482. The van der Waals surface area contributed by atoms with Gasteiger partial charge in [0.1, 0.15) is 17.9 Å². The number of halogens is 1. The van der Waals surface area contributed by atoms with E-state index in [4.69, 9.17) is 17.3 Å². The lowest BCUT2D eigenvalue weighted by molar-refractivity contribution is -0.143. The zero-order valence-corrected chi connectivity index (χ0v) is 24.4. The SMILES string of the molecule is Cc1cc(NC(=O)[C@H](CCN)NC(=O)[C@@H]2Cc3ccccc3CN2C(=O)CCC(=O)CCCC(C)C)ccc1Cl. The monoisotopic (exact) mass is 568 g/mol. The molecule has 0 fully saturated rings. The lowest BCUT2D eigenvalue weighted by atomic mass is 9.92. The molecule has 0 aliphatic carbocycles. The molecule has 0 saturated carbocycles. The van der Waals surface area contributed by atoms with Crippen LogP contribution in [0.2, 0.25) is 5.02 Å². The van der Waals surface area contributed by atoms with Gasteiger partial charge in [-0.1, -0.05) is 56.1 Å². The third-order valence-electron chi connectivity index (χ3n) is 7.24. The van der Waals surface area contributed by atoms with Gasteiger partial charge in [-0.2, -0.15) is 0 Å². The van der Waals surface area contributed by atoms with Crippen LogP contribution < -0.4 is 16.4 Å². The number of benzene rings is 2. The smallest absolute Gasteiger partial charge is 0.246 e. The third kappa shape index (κ3) is 8.89. The molecule has 0 saturated heterocycles. The molecular formula is C31H41ClN4O4. The second-order valence-electron chi connectivity index (χ2n) is 10.9. The number of hydrogen-bond donors (Lipinski definition) is 3. The van der Waals surface area contributed by atoms with E-state index in [1.807, 2.05) is 31.2 Å². The largest absolute Gasteiger partial charge is 0.342 e. The van der Waals surface area contributed by atoms with Crippen LogP contribution in [0.5, 0.6) is 0 Å². The summed E-state index contributed by atoms with van der Waals surface area (Å²) in [7, 11) is 0. The molecule has 4 N–H and O–H groups in total. The normalized spacial score (nSPS) is 15.3. The van der Waals surface area contributed by atoms with E-state index in [0.29, 0.717) is 29.5 Å². The quantitative estimate of drug-likeness (QED) is 0.327. The first kappa shape index (κ1) is 31.3. The highest BCUT2D eigenvalue weighted by Gasteiger charge is 2.36. The summed E-state index contributed by atoms with van der Waals surface area (Å²) in [6.45, 7) is 6.53. The molecule has 0 unspecified atom stereocenters. The number of nitrogens with two attached hydrogens (primary N) is 1. The van der Waals surface area contributed by atoms with Crippen molar-refractivity contribution in [2.24, 2.45) is 11.7 Å². The number of fused-ring (bicyclic) bond motifs is 1. The number of carbonyl (C=O) groups is 4. The molecule has 0 radical (unpaired) electrons. The highest BCUT2D eigenvalue weighted by molar-refractivity contribution is 6.31. The molecule has 40 heavy (non-hydrogen) atoms. The fourth-order valence-corrected chi connectivity index (χ4v) is 5.01. The van der Waals surface area contributed by atoms with Crippen molar-refractivity contribution >= 4 is 40.8 Å². The standard InChI is InChI=1S/C31H41ClN4O4/c1-20(2)7-6-10-25(37)12-14-29(38)36-19-23-9-5-4-8-22(23)18-28(36)31(40)35-27(15-16-33)30(39)34-24-11-13-26(32)21(3)17-24/h4-5,8-9,11,13,17,20,27-28H,6-7,10,12,14-16,18-19,33H2,1-3H3,(H,34,39)(H,35,40)/t27-,28-/m0/s1. The summed E-state index contributed by atoms with van der Waals surface area (Å²) in [5.41, 5.74) is 9.09. The third-order valence-corrected chi connectivity index (χ3v) is 7.66. The van der Waals surface area contributed by atoms with Crippen molar-refractivity contribution in [2.45, 2.75) is 84.3 Å². The van der Waals surface area contributed by atoms with Gasteiger partial charge in [0.2, 0.25) is 17.7 Å². The van der Waals surface area contributed by atoms with E-state index in [2.05, 4.69) is 24.5 Å². The van der Waals surface area contributed by atoms with Gasteiger partial charge in [0.15, 0.2) is 0 Å². The maximum absolute atomic E-state index is 13.6. The van der Waals surface area contributed by atoms with Crippen molar-refractivity contribution in [3.8, 4) is 0 Å². The molecule has 8 nitrogen and oxygen atoms in total. The van der Waals surface area contributed by atoms with Gasteiger partial charge in [0.25, 0.3) is 0 Å². The summed E-state index contributed by atoms with van der Waals surface area (Å²) in [6, 6.07) is 11.2. The zero-order valence-electron chi connectivity index (χ0n) is 23.7. The van der Waals surface area contributed by atoms with E-state index in [-0.39, 0.29) is 44.0 Å². The minimum Gasteiger partial charge on any atom is -0.342 e. The average Bonchev–Trinajstić information content (AvgIpc) is 2.92. The summed E-state index contributed by atoms with van der Waals surface area (Å²) in [5, 5.41) is 6.25. The molecule has 216 valence electrons. The van der Waals surface area contributed by atoms with E-state index < -0.39 is 23.9 Å². The molecule has 1 heterocycles. The second-order valence-corrected chi connectivity index (χ2v) is 11.3. The average molecular weight is 569 g/mol. The first-order valence-electron chi connectivity index (χ1n) is 14.0. The molecular weight excluding hydrogens is 528 g/mol. The molecule has 2 aromatic rings. The number of hydrogen-bond acceptors (Lipinski definition) is 5. The van der Waals surface area contributed by atoms with Gasteiger partial charge in [-0.25, -0.2) is 0 Å². The Balaban J connectivity index is 1.71. The molecule has 1 aliphatic rings. The predicted molar refractivity (Wildman–Crippen MR) is 158 cm³/mol. The second kappa shape index (κ2) is 15.0. The van der Waals surface area contributed by atoms with Crippen LogP contribution in [-0.2, 0) is 32.1 Å². The minimum absolute atomic E-state index is 0.0507. The Bertz CT molecular complexity index is 1220. The summed E-state index contributed by atoms with van der Waals surface area (Å²) in [6.07, 6.45) is 3.00. The van der Waals surface area contributed by atoms with Gasteiger partial charge in [0.05, 0.1) is 0 Å². The first-order chi connectivity index (χ1) is 19.1. The van der Waals surface area contributed by atoms with Crippen LogP contribution in [-0.4, -0.2) is 47.0 Å². The molecule has 1 aliphatic heterocycles. The van der Waals surface area contributed by atoms with Crippen LogP contribution in [0.15, 0.2) is 42.5 Å². The predicted octanol–water partition coefficient (Wildman–Crippen LogP) is 4.55. The lowest BCUT2D eigenvalue weighted by Gasteiger charge is -2.36. The Hall–Kier alpha value is -3.23. The van der Waals surface area contributed by atoms with Gasteiger partial charge in [-0.3, -0.25) is 19.2 Å². The Labute approximate surface area is 242 Å². The van der Waals surface area contributed by atoms with Crippen LogP contribution in [0.4, 0.5) is 5.69 Å². The number of carbonyl (C=O) groups excluding carboxylic acids is 4. The summed E-state index contributed by atoms with van der Waals surface area (Å²) < 4.78 is 0. The maximum Gasteiger partial charge on any atom is 0.246 e. The fraction of sp³-hybridized carbons (Fsp3) is 0.484. The first-order valence-corrected chi connectivity index (χ1v) is 14.4. The Morgan fingerprint density at radius 3 is 2.42 bits per heavy atom. The molecule has 0 spiro atoms. The van der Waals surface area contributed by atoms with Crippen molar-refractivity contribution < 1.29 is 19.2 Å². The van der Waals surface area contributed by atoms with Crippen LogP contribution >= 0.6 is 11.6 Å². The van der Waals surface area contributed by atoms with E-state index in [0.717, 1.165) is 29.5 Å². The lowest BCUT2D eigenvalue weighted by Crippen LogP contribution is -2.56. The number of aryl methyl sites for hydroxylation is 1. The Kier molecular flexibility index (Phi) is 11.7. The van der Waals surface area contributed by atoms with Crippen LogP contribution in [0.1, 0.15) is 69.1 Å². The topological polar surface area (TPSA) is 122 Å². The molecule has 2 aromatic carbocycles. The van der Waals surface area contributed by atoms with E-state index in [1.165, 1.54) is 0 Å². The van der Waals surface area contributed by atoms with Crippen LogP contribution in [0, 0.1) is 12.8 Å². The van der Waals surface area contributed by atoms with Gasteiger partial charge < -0.3 is 21.3 Å². The van der Waals surface area contributed by atoms with Gasteiger partial charge in [-0.15, -0.1) is 0 Å².